The normalized spacial score (nSPS) is 24.1. The van der Waals surface area contributed by atoms with Crippen LogP contribution in [0, 0.1) is 34.8 Å². The van der Waals surface area contributed by atoms with Gasteiger partial charge in [-0.2, -0.15) is 0 Å². The van der Waals surface area contributed by atoms with E-state index in [9.17, 15) is 19.7 Å². The van der Waals surface area contributed by atoms with Crippen molar-refractivity contribution in [1.82, 2.24) is 0 Å². The van der Waals surface area contributed by atoms with Gasteiger partial charge in [0, 0.05) is 18.6 Å². The number of aryl methyl sites for hydroxylation is 1. The number of non-ortho nitro benzene ring substituents is 1. The number of nitrogens with zero attached hydrogens (tertiary/aromatic N) is 1. The number of nitrogens with one attached hydrogen (secondary N) is 1. The van der Waals surface area contributed by atoms with Crippen LogP contribution in [-0.2, 0) is 14.3 Å². The number of anilines is 1. The monoisotopic (exact) mass is 346 g/mol. The van der Waals surface area contributed by atoms with E-state index in [-0.39, 0.29) is 18.3 Å². The molecular weight excluding hydrogens is 324 g/mol. The minimum atomic E-state index is -0.523. The van der Waals surface area contributed by atoms with Gasteiger partial charge in [0.15, 0.2) is 6.61 Å². The first-order valence-electron chi connectivity index (χ1n) is 8.63. The van der Waals surface area contributed by atoms with Gasteiger partial charge in [-0.15, -0.1) is 0 Å². The third-order valence-corrected chi connectivity index (χ3v) is 5.38. The molecule has 2 fully saturated rings. The molecule has 1 amide bonds. The molecule has 7 heteroatoms. The molecule has 3 atom stereocenters. The Morgan fingerprint density at radius 3 is 2.76 bits per heavy atom. The summed E-state index contributed by atoms with van der Waals surface area (Å²) < 4.78 is 5.08. The van der Waals surface area contributed by atoms with E-state index in [4.69, 9.17) is 4.74 Å². The Labute approximate surface area is 145 Å². The molecule has 2 bridgehead atoms. The number of fused-ring (bicyclic) bond motifs is 2. The highest BCUT2D eigenvalue weighted by atomic mass is 16.6. The van der Waals surface area contributed by atoms with Gasteiger partial charge < -0.3 is 10.1 Å². The molecular formula is C18H22N2O5. The van der Waals surface area contributed by atoms with E-state index in [1.54, 1.807) is 13.0 Å². The van der Waals surface area contributed by atoms with E-state index in [1.165, 1.54) is 31.4 Å². The van der Waals surface area contributed by atoms with Gasteiger partial charge in [0.1, 0.15) is 0 Å². The van der Waals surface area contributed by atoms with E-state index in [1.807, 2.05) is 0 Å². The van der Waals surface area contributed by atoms with Gasteiger partial charge in [-0.05, 0) is 49.5 Å². The summed E-state index contributed by atoms with van der Waals surface area (Å²) in [5.74, 6) is 0.962. The van der Waals surface area contributed by atoms with Crippen LogP contribution in [0.25, 0.3) is 0 Å². The van der Waals surface area contributed by atoms with E-state index >= 15 is 0 Å². The van der Waals surface area contributed by atoms with Crippen molar-refractivity contribution in [3.63, 3.8) is 0 Å². The molecule has 1 N–H and O–H groups in total. The lowest BCUT2D eigenvalue weighted by molar-refractivity contribution is -0.384. The summed E-state index contributed by atoms with van der Waals surface area (Å²) in [5, 5.41) is 13.4. The summed E-state index contributed by atoms with van der Waals surface area (Å²) in [4.78, 5) is 34.2. The molecule has 2 aliphatic rings. The van der Waals surface area contributed by atoms with Crippen molar-refractivity contribution in [2.24, 2.45) is 17.8 Å². The van der Waals surface area contributed by atoms with Gasteiger partial charge in [0.05, 0.1) is 10.6 Å². The molecule has 1 aromatic rings. The molecule has 7 nitrogen and oxygen atoms in total. The van der Waals surface area contributed by atoms with Crippen LogP contribution in [-0.4, -0.2) is 23.4 Å². The number of ether oxygens (including phenoxy) is 1. The quantitative estimate of drug-likeness (QED) is 0.484. The number of carbonyl (C=O) groups excluding carboxylic acids is 2. The Morgan fingerprint density at radius 2 is 2.12 bits per heavy atom. The van der Waals surface area contributed by atoms with Crippen LogP contribution in [0.15, 0.2) is 18.2 Å². The number of benzene rings is 1. The first-order valence-corrected chi connectivity index (χ1v) is 8.63. The van der Waals surface area contributed by atoms with E-state index in [2.05, 4.69) is 5.32 Å². The second kappa shape index (κ2) is 7.21. The number of nitro benzene ring substituents is 1. The summed E-state index contributed by atoms with van der Waals surface area (Å²) in [6.07, 6.45) is 5.18. The summed E-state index contributed by atoms with van der Waals surface area (Å²) in [6, 6.07) is 4.24. The topological polar surface area (TPSA) is 98.5 Å². The van der Waals surface area contributed by atoms with Crippen molar-refractivity contribution in [3.05, 3.63) is 33.9 Å². The van der Waals surface area contributed by atoms with Crippen LogP contribution >= 0.6 is 0 Å². The highest BCUT2D eigenvalue weighted by Crippen LogP contribution is 2.49. The first-order chi connectivity index (χ1) is 11.9. The second-order valence-corrected chi connectivity index (χ2v) is 7.10. The summed E-state index contributed by atoms with van der Waals surface area (Å²) >= 11 is 0. The van der Waals surface area contributed by atoms with Gasteiger partial charge in [-0.25, -0.2) is 0 Å². The van der Waals surface area contributed by atoms with Gasteiger partial charge in [-0.3, -0.25) is 19.7 Å². The first kappa shape index (κ1) is 17.4. The van der Waals surface area contributed by atoms with Crippen molar-refractivity contribution < 1.29 is 19.2 Å². The van der Waals surface area contributed by atoms with E-state index in [0.717, 1.165) is 12.3 Å². The number of hydrogen-bond donors (Lipinski definition) is 1. The molecule has 0 spiro atoms. The Morgan fingerprint density at radius 1 is 1.32 bits per heavy atom. The molecule has 3 rings (SSSR count). The summed E-state index contributed by atoms with van der Waals surface area (Å²) in [7, 11) is 0. The molecule has 0 heterocycles. The average molecular weight is 346 g/mol. The van der Waals surface area contributed by atoms with Crippen LogP contribution in [0.5, 0.6) is 0 Å². The second-order valence-electron chi connectivity index (χ2n) is 7.10. The lowest BCUT2D eigenvalue weighted by Crippen LogP contribution is -2.23. The smallest absolute Gasteiger partial charge is 0.306 e. The van der Waals surface area contributed by atoms with Gasteiger partial charge >= 0.3 is 5.97 Å². The third-order valence-electron chi connectivity index (χ3n) is 5.38. The maximum absolute atomic E-state index is 12.0. The number of nitro groups is 1. The molecule has 0 saturated heterocycles. The lowest BCUT2D eigenvalue weighted by Gasteiger charge is -2.20. The Kier molecular flexibility index (Phi) is 5.01. The van der Waals surface area contributed by atoms with E-state index < -0.39 is 10.8 Å². The molecule has 2 aliphatic carbocycles. The van der Waals surface area contributed by atoms with Gasteiger partial charge in [-0.1, -0.05) is 12.5 Å². The van der Waals surface area contributed by atoms with Crippen molar-refractivity contribution in [1.29, 1.82) is 0 Å². The molecule has 134 valence electrons. The standard InChI is InChI=1S/C18H22N2O5/c1-11-2-5-15(20(23)24)9-16(11)19-17(21)10-25-18(22)8-14-7-12-3-4-13(14)6-12/h2,5,9,12-14H,3-4,6-8,10H2,1H3,(H,19,21)/t12-,13+,14-/m0/s1. The summed E-state index contributed by atoms with van der Waals surface area (Å²) in [5.41, 5.74) is 0.949. The maximum atomic E-state index is 12.0. The minimum absolute atomic E-state index is 0.103. The predicted molar refractivity (Wildman–Crippen MR) is 91.0 cm³/mol. The van der Waals surface area contributed by atoms with Crippen molar-refractivity contribution in [2.75, 3.05) is 11.9 Å². The molecule has 1 aromatic carbocycles. The van der Waals surface area contributed by atoms with Crippen LogP contribution in [0.1, 0.15) is 37.7 Å². The van der Waals surface area contributed by atoms with Crippen molar-refractivity contribution in [2.45, 2.75) is 39.0 Å². The zero-order valence-electron chi connectivity index (χ0n) is 14.2. The highest BCUT2D eigenvalue weighted by Gasteiger charge is 2.40. The van der Waals surface area contributed by atoms with Gasteiger partial charge in [0.25, 0.3) is 11.6 Å². The van der Waals surface area contributed by atoms with Crippen LogP contribution in [0.3, 0.4) is 0 Å². The molecule has 0 aromatic heterocycles. The molecule has 25 heavy (non-hydrogen) atoms. The van der Waals surface area contributed by atoms with Crippen LogP contribution in [0.4, 0.5) is 11.4 Å². The number of carbonyl (C=O) groups is 2. The highest BCUT2D eigenvalue weighted by molar-refractivity contribution is 5.93. The number of hydrogen-bond acceptors (Lipinski definition) is 5. The Balaban J connectivity index is 1.47. The largest absolute Gasteiger partial charge is 0.456 e. The fourth-order valence-electron chi connectivity index (χ4n) is 4.09. The zero-order chi connectivity index (χ0) is 18.0. The average Bonchev–Trinajstić information content (AvgIpc) is 3.17. The van der Waals surface area contributed by atoms with Crippen LogP contribution in [0.2, 0.25) is 0 Å². The van der Waals surface area contributed by atoms with E-state index in [0.29, 0.717) is 29.5 Å². The number of rotatable bonds is 6. The Hall–Kier alpha value is -2.44. The Bertz CT molecular complexity index is 703. The summed E-state index contributed by atoms with van der Waals surface area (Å²) in [6.45, 7) is 1.36. The molecule has 0 radical (unpaired) electrons. The molecule has 0 unspecified atom stereocenters. The molecule has 2 saturated carbocycles. The van der Waals surface area contributed by atoms with Crippen molar-refractivity contribution in [3.8, 4) is 0 Å². The number of esters is 1. The van der Waals surface area contributed by atoms with Gasteiger partial charge in [0.2, 0.25) is 0 Å². The predicted octanol–water partition coefficient (Wildman–Crippen LogP) is 3.21. The maximum Gasteiger partial charge on any atom is 0.306 e. The third kappa shape index (κ3) is 4.15. The fourth-order valence-corrected chi connectivity index (χ4v) is 4.09. The zero-order valence-corrected chi connectivity index (χ0v) is 14.2. The van der Waals surface area contributed by atoms with Crippen LogP contribution < -0.4 is 5.32 Å². The fraction of sp³-hybridized carbons (Fsp3) is 0.556. The lowest BCUT2D eigenvalue weighted by atomic mass is 9.86. The minimum Gasteiger partial charge on any atom is -0.456 e. The molecule has 0 aliphatic heterocycles. The SMILES string of the molecule is Cc1ccc([N+](=O)[O-])cc1NC(=O)COC(=O)C[C@@H]1C[C@H]2CC[C@@H]1C2. The van der Waals surface area contributed by atoms with Crippen molar-refractivity contribution >= 4 is 23.3 Å². The number of amides is 1.